The van der Waals surface area contributed by atoms with E-state index < -0.39 is 12.1 Å². The largest absolute Gasteiger partial charge is 0.507 e. The number of phenols is 1. The summed E-state index contributed by atoms with van der Waals surface area (Å²) in [5, 5.41) is 29.2. The summed E-state index contributed by atoms with van der Waals surface area (Å²) in [6, 6.07) is 15.2. The molecule has 0 aliphatic heterocycles. The summed E-state index contributed by atoms with van der Waals surface area (Å²) in [6.45, 7) is -0.278. The lowest BCUT2D eigenvalue weighted by molar-refractivity contribution is 0.111. The molecule has 0 fully saturated rings. The molecule has 0 amide bonds. The summed E-state index contributed by atoms with van der Waals surface area (Å²) in [5.41, 5.74) is 1.24. The Labute approximate surface area is 117 Å². The Morgan fingerprint density at radius 2 is 1.65 bits per heavy atom. The van der Waals surface area contributed by atoms with Gasteiger partial charge in [0.05, 0.1) is 6.61 Å². The van der Waals surface area contributed by atoms with E-state index in [0.717, 1.165) is 0 Å². The Morgan fingerprint density at radius 1 is 1.00 bits per heavy atom. The highest BCUT2D eigenvalue weighted by molar-refractivity contribution is 5.83. The number of benzene rings is 2. The third-order valence-electron chi connectivity index (χ3n) is 3.03. The standard InChI is InChI=1S/C16H17NO3/c18-11-14(16(20)12-6-2-1-3-7-12)17-10-13-8-4-5-9-15(13)19/h1-10,14,16,18-20H,11H2/t14-,16-/m0/s1. The summed E-state index contributed by atoms with van der Waals surface area (Å²) in [5.74, 6) is 0.113. The van der Waals surface area contributed by atoms with E-state index in [4.69, 9.17) is 0 Å². The second kappa shape index (κ2) is 6.84. The molecule has 4 heteroatoms. The SMILES string of the molecule is OC[C@H](N=Cc1ccccc1O)[C@@H](O)c1ccccc1. The number of hydrogen-bond donors (Lipinski definition) is 3. The second-order valence-corrected chi connectivity index (χ2v) is 4.44. The molecule has 0 radical (unpaired) electrons. The molecule has 20 heavy (non-hydrogen) atoms. The number of aliphatic imine (C=N–C) groups is 1. The zero-order chi connectivity index (χ0) is 14.4. The monoisotopic (exact) mass is 271 g/mol. The van der Waals surface area contributed by atoms with E-state index in [-0.39, 0.29) is 12.4 Å². The van der Waals surface area contributed by atoms with Crippen molar-refractivity contribution in [1.82, 2.24) is 0 Å². The first-order valence-corrected chi connectivity index (χ1v) is 6.37. The Hall–Kier alpha value is -2.17. The van der Waals surface area contributed by atoms with Crippen molar-refractivity contribution < 1.29 is 15.3 Å². The zero-order valence-electron chi connectivity index (χ0n) is 10.9. The molecule has 2 aromatic rings. The molecule has 4 nitrogen and oxygen atoms in total. The fourth-order valence-electron chi connectivity index (χ4n) is 1.87. The predicted octanol–water partition coefficient (Wildman–Crippen LogP) is 1.91. The molecule has 2 atom stereocenters. The van der Waals surface area contributed by atoms with Gasteiger partial charge in [0, 0.05) is 11.8 Å². The zero-order valence-corrected chi connectivity index (χ0v) is 10.9. The maximum Gasteiger partial charge on any atom is 0.124 e. The molecule has 2 rings (SSSR count). The molecule has 0 bridgehead atoms. The molecule has 0 aliphatic carbocycles. The summed E-state index contributed by atoms with van der Waals surface area (Å²) in [4.78, 5) is 4.16. The van der Waals surface area contributed by atoms with Crippen LogP contribution < -0.4 is 0 Å². The lowest BCUT2D eigenvalue weighted by Crippen LogP contribution is -2.21. The Morgan fingerprint density at radius 3 is 2.30 bits per heavy atom. The topological polar surface area (TPSA) is 73.1 Å². The first-order valence-electron chi connectivity index (χ1n) is 6.37. The van der Waals surface area contributed by atoms with E-state index in [1.54, 1.807) is 36.4 Å². The van der Waals surface area contributed by atoms with Crippen molar-refractivity contribution in [1.29, 1.82) is 0 Å². The van der Waals surface area contributed by atoms with E-state index in [0.29, 0.717) is 11.1 Å². The Balaban J connectivity index is 2.15. The maximum absolute atomic E-state index is 10.2. The van der Waals surface area contributed by atoms with Crippen LogP contribution in [0.4, 0.5) is 0 Å². The molecule has 0 unspecified atom stereocenters. The third kappa shape index (κ3) is 3.44. The molecule has 0 aliphatic rings. The quantitative estimate of drug-likeness (QED) is 0.727. The van der Waals surface area contributed by atoms with Crippen molar-refractivity contribution >= 4 is 6.21 Å². The molecule has 104 valence electrons. The van der Waals surface area contributed by atoms with Gasteiger partial charge in [0.15, 0.2) is 0 Å². The minimum Gasteiger partial charge on any atom is -0.507 e. The number of aliphatic hydroxyl groups is 2. The average Bonchev–Trinajstić information content (AvgIpc) is 2.50. The van der Waals surface area contributed by atoms with Gasteiger partial charge in [-0.3, -0.25) is 4.99 Å². The molecule has 0 aromatic heterocycles. The summed E-state index contributed by atoms with van der Waals surface area (Å²) in [6.07, 6.45) is 0.575. The lowest BCUT2D eigenvalue weighted by Gasteiger charge is -2.17. The van der Waals surface area contributed by atoms with Crippen LogP contribution in [-0.4, -0.2) is 34.2 Å². The van der Waals surface area contributed by atoms with Crippen molar-refractivity contribution in [3.8, 4) is 5.75 Å². The lowest BCUT2D eigenvalue weighted by atomic mass is 10.0. The predicted molar refractivity (Wildman–Crippen MR) is 78.0 cm³/mol. The van der Waals surface area contributed by atoms with E-state index in [1.807, 2.05) is 18.2 Å². The van der Waals surface area contributed by atoms with Crippen molar-refractivity contribution in [2.24, 2.45) is 4.99 Å². The highest BCUT2D eigenvalue weighted by atomic mass is 16.3. The normalized spacial score (nSPS) is 14.3. The van der Waals surface area contributed by atoms with Crippen LogP contribution in [0.25, 0.3) is 0 Å². The molecule has 0 saturated heterocycles. The van der Waals surface area contributed by atoms with Gasteiger partial charge in [0.25, 0.3) is 0 Å². The number of para-hydroxylation sites is 1. The molecular weight excluding hydrogens is 254 g/mol. The molecule has 2 aromatic carbocycles. The smallest absolute Gasteiger partial charge is 0.124 e. The first-order chi connectivity index (χ1) is 9.72. The van der Waals surface area contributed by atoms with Crippen LogP contribution >= 0.6 is 0 Å². The number of aliphatic hydroxyl groups excluding tert-OH is 2. The van der Waals surface area contributed by atoms with Crippen molar-refractivity contribution in [3.05, 3.63) is 65.7 Å². The first kappa shape index (κ1) is 14.2. The minimum atomic E-state index is -0.886. The number of nitrogens with zero attached hydrogens (tertiary/aromatic N) is 1. The highest BCUT2D eigenvalue weighted by Crippen LogP contribution is 2.19. The Bertz CT molecular complexity index is 569. The summed E-state index contributed by atoms with van der Waals surface area (Å²) < 4.78 is 0. The van der Waals surface area contributed by atoms with Gasteiger partial charge in [-0.2, -0.15) is 0 Å². The van der Waals surface area contributed by atoms with Gasteiger partial charge in [0.1, 0.15) is 17.9 Å². The summed E-state index contributed by atoms with van der Waals surface area (Å²) in [7, 11) is 0. The van der Waals surface area contributed by atoms with Crippen LogP contribution in [-0.2, 0) is 0 Å². The third-order valence-corrected chi connectivity index (χ3v) is 3.03. The number of aromatic hydroxyl groups is 1. The molecule has 3 N–H and O–H groups in total. The van der Waals surface area contributed by atoms with Gasteiger partial charge in [0.2, 0.25) is 0 Å². The number of hydrogen-bond acceptors (Lipinski definition) is 4. The average molecular weight is 271 g/mol. The van der Waals surface area contributed by atoms with Gasteiger partial charge < -0.3 is 15.3 Å². The van der Waals surface area contributed by atoms with Gasteiger partial charge >= 0.3 is 0 Å². The van der Waals surface area contributed by atoms with Crippen LogP contribution in [0.15, 0.2) is 59.6 Å². The fourth-order valence-corrected chi connectivity index (χ4v) is 1.87. The van der Waals surface area contributed by atoms with Crippen molar-refractivity contribution in [3.63, 3.8) is 0 Å². The van der Waals surface area contributed by atoms with Gasteiger partial charge in [-0.1, -0.05) is 42.5 Å². The Kier molecular flexibility index (Phi) is 4.87. The minimum absolute atomic E-state index is 0.113. The van der Waals surface area contributed by atoms with Crippen LogP contribution in [0.2, 0.25) is 0 Å². The van der Waals surface area contributed by atoms with Gasteiger partial charge in [-0.15, -0.1) is 0 Å². The second-order valence-electron chi connectivity index (χ2n) is 4.44. The summed E-state index contributed by atoms with van der Waals surface area (Å²) >= 11 is 0. The molecule has 0 saturated carbocycles. The maximum atomic E-state index is 10.2. The molecule has 0 heterocycles. The van der Waals surface area contributed by atoms with Crippen LogP contribution in [0.5, 0.6) is 5.75 Å². The molecule has 0 spiro atoms. The fraction of sp³-hybridized carbons (Fsp3) is 0.188. The van der Waals surface area contributed by atoms with Crippen LogP contribution in [0, 0.1) is 0 Å². The van der Waals surface area contributed by atoms with E-state index >= 15 is 0 Å². The van der Waals surface area contributed by atoms with Crippen molar-refractivity contribution in [2.45, 2.75) is 12.1 Å². The van der Waals surface area contributed by atoms with E-state index in [2.05, 4.69) is 4.99 Å². The molecular formula is C16H17NO3. The van der Waals surface area contributed by atoms with Crippen LogP contribution in [0.1, 0.15) is 17.2 Å². The van der Waals surface area contributed by atoms with Gasteiger partial charge in [-0.25, -0.2) is 0 Å². The van der Waals surface area contributed by atoms with E-state index in [1.165, 1.54) is 6.21 Å². The number of phenolic OH excluding ortho intramolecular Hbond substituents is 1. The van der Waals surface area contributed by atoms with Crippen LogP contribution in [0.3, 0.4) is 0 Å². The highest BCUT2D eigenvalue weighted by Gasteiger charge is 2.18. The van der Waals surface area contributed by atoms with Crippen molar-refractivity contribution in [2.75, 3.05) is 6.61 Å². The van der Waals surface area contributed by atoms with Gasteiger partial charge in [-0.05, 0) is 17.7 Å². The van der Waals surface area contributed by atoms with E-state index in [9.17, 15) is 15.3 Å². The number of rotatable bonds is 5.